The maximum Gasteiger partial charge on any atom is 0.129 e. The van der Waals surface area contributed by atoms with E-state index >= 15 is 0 Å². The predicted molar refractivity (Wildman–Crippen MR) is 54.2 cm³/mol. The summed E-state index contributed by atoms with van der Waals surface area (Å²) in [7, 11) is 1.54. The molecule has 5 heteroatoms. The van der Waals surface area contributed by atoms with Crippen molar-refractivity contribution in [3.8, 4) is 5.75 Å². The first-order valence-corrected chi connectivity index (χ1v) is 4.37. The van der Waals surface area contributed by atoms with Crippen molar-refractivity contribution in [3.05, 3.63) is 32.6 Å². The van der Waals surface area contributed by atoms with E-state index < -0.39 is 0 Å². The monoisotopic (exact) mass is 241 g/mol. The van der Waals surface area contributed by atoms with Gasteiger partial charge in [-0.15, -0.1) is 0 Å². The van der Waals surface area contributed by atoms with Gasteiger partial charge in [0.2, 0.25) is 0 Å². The van der Waals surface area contributed by atoms with Crippen molar-refractivity contribution in [1.29, 1.82) is 0 Å². The summed E-state index contributed by atoms with van der Waals surface area (Å²) in [6.45, 7) is 1.92. The molecule has 1 aromatic carbocycles. The van der Waals surface area contributed by atoms with Crippen molar-refractivity contribution in [2.24, 2.45) is 5.11 Å². The molecule has 0 heterocycles. The lowest BCUT2D eigenvalue weighted by molar-refractivity contribution is 0.415. The summed E-state index contributed by atoms with van der Waals surface area (Å²) >= 11 is 3.36. The SMILES string of the molecule is COc1cc(Br)c(C)cc1N=[N+]=[N-]. The maximum atomic E-state index is 8.29. The van der Waals surface area contributed by atoms with Gasteiger partial charge in [0.1, 0.15) is 5.75 Å². The van der Waals surface area contributed by atoms with Crippen LogP contribution in [0.4, 0.5) is 5.69 Å². The number of rotatable bonds is 2. The van der Waals surface area contributed by atoms with Crippen molar-refractivity contribution in [3.63, 3.8) is 0 Å². The summed E-state index contributed by atoms with van der Waals surface area (Å²) in [5, 5.41) is 3.51. The van der Waals surface area contributed by atoms with Crippen LogP contribution in [0.25, 0.3) is 10.4 Å². The van der Waals surface area contributed by atoms with E-state index in [1.807, 2.05) is 6.92 Å². The molecule has 0 aliphatic carbocycles. The standard InChI is InChI=1S/C8H8BrN3O/c1-5-3-7(11-12-10)8(13-2)4-6(5)9/h3-4H,1-2H3. The maximum absolute atomic E-state index is 8.29. The van der Waals surface area contributed by atoms with Crippen LogP contribution < -0.4 is 4.74 Å². The third-order valence-electron chi connectivity index (χ3n) is 1.61. The summed E-state index contributed by atoms with van der Waals surface area (Å²) in [6.07, 6.45) is 0. The minimum absolute atomic E-state index is 0.505. The zero-order valence-corrected chi connectivity index (χ0v) is 8.87. The minimum atomic E-state index is 0.505. The number of azide groups is 1. The van der Waals surface area contributed by atoms with E-state index in [1.165, 1.54) is 7.11 Å². The molecular formula is C8H8BrN3O. The van der Waals surface area contributed by atoms with Gasteiger partial charge in [-0.25, -0.2) is 0 Å². The van der Waals surface area contributed by atoms with Crippen molar-refractivity contribution in [2.75, 3.05) is 7.11 Å². The zero-order valence-electron chi connectivity index (χ0n) is 7.28. The van der Waals surface area contributed by atoms with Crippen LogP contribution in [0.3, 0.4) is 0 Å². The van der Waals surface area contributed by atoms with Gasteiger partial charge in [0.15, 0.2) is 0 Å². The van der Waals surface area contributed by atoms with E-state index in [0.717, 1.165) is 10.0 Å². The molecule has 0 N–H and O–H groups in total. The molecule has 1 rings (SSSR count). The normalized spacial score (nSPS) is 9.15. The van der Waals surface area contributed by atoms with Gasteiger partial charge < -0.3 is 4.74 Å². The molecule has 0 aliphatic heterocycles. The molecule has 0 radical (unpaired) electrons. The highest BCUT2D eigenvalue weighted by Crippen LogP contribution is 2.33. The minimum Gasteiger partial charge on any atom is -0.496 e. The number of ether oxygens (including phenoxy) is 1. The number of methoxy groups -OCH3 is 1. The quantitative estimate of drug-likeness (QED) is 0.443. The van der Waals surface area contributed by atoms with E-state index in [9.17, 15) is 0 Å². The molecule has 0 saturated carbocycles. The lowest BCUT2D eigenvalue weighted by Gasteiger charge is -2.06. The topological polar surface area (TPSA) is 58.0 Å². The average Bonchev–Trinajstić information content (AvgIpc) is 2.11. The smallest absolute Gasteiger partial charge is 0.129 e. The molecule has 0 atom stereocenters. The Hall–Kier alpha value is -1.19. The highest BCUT2D eigenvalue weighted by Gasteiger charge is 2.04. The molecule has 13 heavy (non-hydrogen) atoms. The van der Waals surface area contributed by atoms with Gasteiger partial charge in [0, 0.05) is 9.38 Å². The van der Waals surface area contributed by atoms with E-state index in [-0.39, 0.29) is 0 Å². The molecule has 0 aromatic heterocycles. The number of halogens is 1. The third kappa shape index (κ3) is 2.14. The van der Waals surface area contributed by atoms with Crippen molar-refractivity contribution in [1.82, 2.24) is 0 Å². The second kappa shape index (κ2) is 4.16. The van der Waals surface area contributed by atoms with Gasteiger partial charge in [0.05, 0.1) is 12.8 Å². The van der Waals surface area contributed by atoms with Crippen LogP contribution >= 0.6 is 15.9 Å². The number of hydrogen-bond acceptors (Lipinski definition) is 2. The fourth-order valence-electron chi connectivity index (χ4n) is 0.938. The molecule has 1 aromatic rings. The summed E-state index contributed by atoms with van der Waals surface area (Å²) in [4.78, 5) is 2.72. The number of benzene rings is 1. The third-order valence-corrected chi connectivity index (χ3v) is 2.47. The Bertz CT molecular complexity index is 372. The van der Waals surface area contributed by atoms with Crippen molar-refractivity contribution >= 4 is 21.6 Å². The number of aryl methyl sites for hydroxylation is 1. The van der Waals surface area contributed by atoms with E-state index in [4.69, 9.17) is 10.3 Å². The molecule has 0 aliphatic rings. The van der Waals surface area contributed by atoms with Crippen LogP contribution in [0.2, 0.25) is 0 Å². The summed E-state index contributed by atoms with van der Waals surface area (Å²) < 4.78 is 5.97. The predicted octanol–water partition coefficient (Wildman–Crippen LogP) is 3.71. The van der Waals surface area contributed by atoms with E-state index in [0.29, 0.717) is 11.4 Å². The molecule has 0 bridgehead atoms. The lowest BCUT2D eigenvalue weighted by atomic mass is 10.2. The van der Waals surface area contributed by atoms with Gasteiger partial charge in [-0.2, -0.15) is 0 Å². The second-order valence-electron chi connectivity index (χ2n) is 2.46. The van der Waals surface area contributed by atoms with Gasteiger partial charge >= 0.3 is 0 Å². The van der Waals surface area contributed by atoms with Crippen LogP contribution in [0, 0.1) is 6.92 Å². The summed E-state index contributed by atoms with van der Waals surface area (Å²) in [6, 6.07) is 3.54. The second-order valence-corrected chi connectivity index (χ2v) is 3.32. The highest BCUT2D eigenvalue weighted by atomic mass is 79.9. The van der Waals surface area contributed by atoms with Gasteiger partial charge in [-0.3, -0.25) is 0 Å². The Kier molecular flexibility index (Phi) is 3.17. The summed E-state index contributed by atoms with van der Waals surface area (Å²) in [5.74, 6) is 0.565. The fourth-order valence-corrected chi connectivity index (χ4v) is 1.26. The molecule has 0 fully saturated rings. The van der Waals surface area contributed by atoms with Gasteiger partial charge in [-0.05, 0) is 30.2 Å². The average molecular weight is 242 g/mol. The lowest BCUT2D eigenvalue weighted by Crippen LogP contribution is -1.85. The van der Waals surface area contributed by atoms with Gasteiger partial charge in [0.25, 0.3) is 0 Å². The van der Waals surface area contributed by atoms with Crippen molar-refractivity contribution in [2.45, 2.75) is 6.92 Å². The van der Waals surface area contributed by atoms with Crippen LogP contribution in [0.15, 0.2) is 21.7 Å². The zero-order chi connectivity index (χ0) is 9.84. The van der Waals surface area contributed by atoms with E-state index in [1.54, 1.807) is 12.1 Å². The molecular weight excluding hydrogens is 234 g/mol. The highest BCUT2D eigenvalue weighted by molar-refractivity contribution is 9.10. The first kappa shape index (κ1) is 9.89. The Morgan fingerprint density at radius 1 is 1.54 bits per heavy atom. The first-order valence-electron chi connectivity index (χ1n) is 3.58. The Morgan fingerprint density at radius 3 is 2.77 bits per heavy atom. The molecule has 4 nitrogen and oxygen atoms in total. The summed E-state index contributed by atoms with van der Waals surface area (Å²) in [5.41, 5.74) is 9.80. The largest absolute Gasteiger partial charge is 0.496 e. The Morgan fingerprint density at radius 2 is 2.23 bits per heavy atom. The fraction of sp³-hybridized carbons (Fsp3) is 0.250. The van der Waals surface area contributed by atoms with Crippen LogP contribution in [-0.4, -0.2) is 7.11 Å². The molecule has 0 spiro atoms. The number of nitrogens with zero attached hydrogens (tertiary/aromatic N) is 3. The molecule has 0 amide bonds. The Labute approximate surface area is 84.3 Å². The van der Waals surface area contributed by atoms with Crippen molar-refractivity contribution < 1.29 is 4.74 Å². The van der Waals surface area contributed by atoms with E-state index in [2.05, 4.69) is 26.0 Å². The molecule has 68 valence electrons. The van der Waals surface area contributed by atoms with Crippen LogP contribution in [0.1, 0.15) is 5.56 Å². The molecule has 0 unspecified atom stereocenters. The molecule has 0 saturated heterocycles. The van der Waals surface area contributed by atoms with Gasteiger partial charge in [-0.1, -0.05) is 21.0 Å². The first-order chi connectivity index (χ1) is 6.19. The Balaban J connectivity index is 3.32. The number of hydrogen-bond donors (Lipinski definition) is 0. The van der Waals surface area contributed by atoms with Crippen LogP contribution in [-0.2, 0) is 0 Å². The van der Waals surface area contributed by atoms with Crippen LogP contribution in [0.5, 0.6) is 5.75 Å².